The van der Waals surface area contributed by atoms with Crippen LogP contribution in [0.5, 0.6) is 0 Å². The van der Waals surface area contributed by atoms with E-state index in [0.717, 1.165) is 30.2 Å². The van der Waals surface area contributed by atoms with E-state index in [1.54, 1.807) is 6.07 Å². The summed E-state index contributed by atoms with van der Waals surface area (Å²) in [5.41, 5.74) is 12.2. The van der Waals surface area contributed by atoms with Crippen LogP contribution in [0.4, 0.5) is 0 Å². The van der Waals surface area contributed by atoms with Crippen molar-refractivity contribution in [3.63, 3.8) is 0 Å². The fourth-order valence-electron chi connectivity index (χ4n) is 2.61. The largest absolute Gasteiger partial charge is 0.370 e. The number of nitrogens with zero attached hydrogens (tertiary/aromatic N) is 1. The second kappa shape index (κ2) is 7.59. The van der Waals surface area contributed by atoms with Crippen LogP contribution in [-0.2, 0) is 16.3 Å². The summed E-state index contributed by atoms with van der Waals surface area (Å²) in [5, 5.41) is 0. The zero-order valence-corrected chi connectivity index (χ0v) is 14.9. The van der Waals surface area contributed by atoms with E-state index >= 15 is 0 Å². The fraction of sp³-hybridized carbons (Fsp3) is 0.500. The molecule has 0 aliphatic carbocycles. The highest BCUT2D eigenvalue weighted by Crippen LogP contribution is 2.31. The summed E-state index contributed by atoms with van der Waals surface area (Å²) < 4.78 is 24.3. The van der Waals surface area contributed by atoms with Crippen LogP contribution in [0.1, 0.15) is 61.0 Å². The highest BCUT2D eigenvalue weighted by molar-refractivity contribution is 7.90. The molecule has 1 unspecified atom stereocenters. The lowest BCUT2D eigenvalue weighted by atomic mass is 9.92. The van der Waals surface area contributed by atoms with E-state index in [4.69, 9.17) is 11.5 Å². The summed E-state index contributed by atoms with van der Waals surface area (Å²) in [6, 6.07) is 3.20. The molecular weight excluding hydrogens is 314 g/mol. The number of hydrogen-bond acceptors (Lipinski definition) is 3. The highest BCUT2D eigenvalue weighted by atomic mass is 32.2. The van der Waals surface area contributed by atoms with Gasteiger partial charge in [-0.25, -0.2) is 8.42 Å². The van der Waals surface area contributed by atoms with Gasteiger partial charge >= 0.3 is 0 Å². The first-order valence-electron chi connectivity index (χ1n) is 7.62. The van der Waals surface area contributed by atoms with Crippen molar-refractivity contribution in [2.45, 2.75) is 50.8 Å². The Labute approximate surface area is 137 Å². The molecule has 0 bridgehead atoms. The molecule has 0 spiro atoms. The average Bonchev–Trinajstić information content (AvgIpc) is 2.44. The zero-order valence-electron chi connectivity index (χ0n) is 14.1. The molecule has 128 valence electrons. The lowest BCUT2D eigenvalue weighted by Crippen LogP contribution is -2.24. The number of guanidine groups is 1. The number of rotatable bonds is 6. The molecule has 0 aliphatic heterocycles. The first-order chi connectivity index (χ1) is 10.6. The third-order valence-electron chi connectivity index (χ3n) is 3.73. The minimum atomic E-state index is -3.47. The van der Waals surface area contributed by atoms with E-state index < -0.39 is 15.7 Å². The molecule has 1 aromatic rings. The zero-order chi connectivity index (χ0) is 17.8. The van der Waals surface area contributed by atoms with E-state index in [2.05, 4.69) is 4.99 Å². The molecule has 4 N–H and O–H groups in total. The molecule has 0 saturated heterocycles. The Morgan fingerprint density at radius 3 is 2.30 bits per heavy atom. The standard InChI is InChI=1S/C16H25N3O3S/c1-5-7-10(3)12-8-11(6-2)13(15(20)19-16(17)18)9-14(12)23(4,21)22/h8-10H,5-7H2,1-4H3,(H4,17,18,19,20). The predicted octanol–water partition coefficient (Wildman–Crippen LogP) is 1.97. The highest BCUT2D eigenvalue weighted by Gasteiger charge is 2.22. The summed E-state index contributed by atoms with van der Waals surface area (Å²) in [4.78, 5) is 15.9. The Morgan fingerprint density at radius 2 is 1.87 bits per heavy atom. The van der Waals surface area contributed by atoms with Crippen molar-refractivity contribution >= 4 is 21.7 Å². The number of carbonyl (C=O) groups is 1. The SMILES string of the molecule is CCCC(C)c1cc(CC)c(C(=O)N=C(N)N)cc1S(C)(=O)=O. The molecule has 6 nitrogen and oxygen atoms in total. The number of hydrogen-bond donors (Lipinski definition) is 2. The molecule has 0 fully saturated rings. The number of nitrogens with two attached hydrogens (primary N) is 2. The van der Waals surface area contributed by atoms with Crippen molar-refractivity contribution in [1.29, 1.82) is 0 Å². The lowest BCUT2D eigenvalue weighted by Gasteiger charge is -2.18. The molecular formula is C16H25N3O3S. The topological polar surface area (TPSA) is 116 Å². The minimum Gasteiger partial charge on any atom is -0.370 e. The van der Waals surface area contributed by atoms with E-state index in [1.807, 2.05) is 20.8 Å². The van der Waals surface area contributed by atoms with Gasteiger partial charge in [-0.3, -0.25) is 4.79 Å². The van der Waals surface area contributed by atoms with Crippen LogP contribution < -0.4 is 11.5 Å². The molecule has 0 aliphatic rings. The fourth-order valence-corrected chi connectivity index (χ4v) is 3.63. The van der Waals surface area contributed by atoms with Gasteiger partial charge < -0.3 is 11.5 Å². The van der Waals surface area contributed by atoms with Gasteiger partial charge in [0.2, 0.25) is 0 Å². The summed E-state index contributed by atoms with van der Waals surface area (Å²) in [7, 11) is -3.47. The van der Waals surface area contributed by atoms with Crippen LogP contribution >= 0.6 is 0 Å². The van der Waals surface area contributed by atoms with Gasteiger partial charge in [0.1, 0.15) is 0 Å². The Balaban J connectivity index is 3.64. The smallest absolute Gasteiger partial charge is 0.280 e. The summed E-state index contributed by atoms with van der Waals surface area (Å²) in [6.07, 6.45) is 3.54. The monoisotopic (exact) mass is 339 g/mol. The maximum absolute atomic E-state index is 12.2. The Kier molecular flexibility index (Phi) is 6.32. The number of sulfone groups is 1. The van der Waals surface area contributed by atoms with E-state index in [9.17, 15) is 13.2 Å². The Morgan fingerprint density at radius 1 is 1.26 bits per heavy atom. The van der Waals surface area contributed by atoms with Crippen LogP contribution in [0, 0.1) is 0 Å². The molecule has 1 rings (SSSR count). The number of aryl methyl sites for hydroxylation is 1. The van der Waals surface area contributed by atoms with Crippen LogP contribution in [0.25, 0.3) is 0 Å². The van der Waals surface area contributed by atoms with Gasteiger partial charge in [-0.1, -0.05) is 33.3 Å². The van der Waals surface area contributed by atoms with E-state index in [0.29, 0.717) is 6.42 Å². The van der Waals surface area contributed by atoms with Gasteiger partial charge in [0, 0.05) is 11.8 Å². The third-order valence-corrected chi connectivity index (χ3v) is 4.88. The molecule has 1 amide bonds. The number of carbonyl (C=O) groups excluding carboxylic acids is 1. The average molecular weight is 339 g/mol. The van der Waals surface area contributed by atoms with Gasteiger partial charge in [0.05, 0.1) is 4.90 Å². The second-order valence-electron chi connectivity index (χ2n) is 5.70. The van der Waals surface area contributed by atoms with Crippen molar-refractivity contribution in [3.05, 3.63) is 28.8 Å². The summed E-state index contributed by atoms with van der Waals surface area (Å²) in [6.45, 7) is 5.94. The molecule has 0 aromatic heterocycles. The van der Waals surface area contributed by atoms with Gasteiger partial charge in [-0.15, -0.1) is 0 Å². The first-order valence-corrected chi connectivity index (χ1v) is 9.51. The van der Waals surface area contributed by atoms with Crippen LogP contribution in [0.2, 0.25) is 0 Å². The predicted molar refractivity (Wildman–Crippen MR) is 92.4 cm³/mol. The Hall–Kier alpha value is -1.89. The molecule has 0 radical (unpaired) electrons. The summed E-state index contributed by atoms with van der Waals surface area (Å²) >= 11 is 0. The third kappa shape index (κ3) is 4.79. The first kappa shape index (κ1) is 19.2. The lowest BCUT2D eigenvalue weighted by molar-refractivity contribution is 0.100. The van der Waals surface area contributed by atoms with Gasteiger partial charge in [-0.05, 0) is 36.0 Å². The summed E-state index contributed by atoms with van der Waals surface area (Å²) in [5.74, 6) is -0.884. The normalized spacial score (nSPS) is 12.7. The molecule has 0 saturated carbocycles. The van der Waals surface area contributed by atoms with Crippen molar-refractivity contribution in [3.8, 4) is 0 Å². The minimum absolute atomic E-state index is 0.0854. The Bertz CT molecular complexity index is 720. The molecule has 0 heterocycles. The maximum atomic E-state index is 12.2. The number of aliphatic imine (C=N–C) groups is 1. The van der Waals surface area contributed by atoms with E-state index in [1.165, 1.54) is 6.07 Å². The van der Waals surface area contributed by atoms with Crippen molar-refractivity contribution in [1.82, 2.24) is 0 Å². The second-order valence-corrected chi connectivity index (χ2v) is 7.69. The van der Waals surface area contributed by atoms with Crippen LogP contribution in [0.3, 0.4) is 0 Å². The van der Waals surface area contributed by atoms with E-state index in [-0.39, 0.29) is 22.3 Å². The van der Waals surface area contributed by atoms with Crippen molar-refractivity contribution in [2.24, 2.45) is 16.5 Å². The molecule has 1 atom stereocenters. The van der Waals surface area contributed by atoms with Crippen LogP contribution in [-0.4, -0.2) is 26.5 Å². The molecule has 23 heavy (non-hydrogen) atoms. The molecule has 7 heteroatoms. The number of amides is 1. The van der Waals surface area contributed by atoms with Gasteiger partial charge in [0.25, 0.3) is 5.91 Å². The maximum Gasteiger partial charge on any atom is 0.280 e. The number of benzene rings is 1. The van der Waals surface area contributed by atoms with Crippen LogP contribution in [0.15, 0.2) is 22.0 Å². The van der Waals surface area contributed by atoms with Crippen molar-refractivity contribution < 1.29 is 13.2 Å². The van der Waals surface area contributed by atoms with Crippen molar-refractivity contribution in [2.75, 3.05) is 6.26 Å². The quantitative estimate of drug-likeness (QED) is 0.607. The van der Waals surface area contributed by atoms with Gasteiger partial charge in [-0.2, -0.15) is 4.99 Å². The van der Waals surface area contributed by atoms with Gasteiger partial charge in [0.15, 0.2) is 15.8 Å². The molecule has 1 aromatic carbocycles.